The molecule has 0 aliphatic heterocycles. The van der Waals surface area contributed by atoms with Crippen LogP contribution < -0.4 is 5.32 Å². The van der Waals surface area contributed by atoms with E-state index >= 15 is 0 Å². The molecule has 0 aromatic carbocycles. The first-order valence-electron chi connectivity index (χ1n) is 5.96. The molecule has 5 nitrogen and oxygen atoms in total. The molecule has 1 aromatic heterocycles. The Kier molecular flexibility index (Phi) is 4.26. The minimum atomic E-state index is -0.366. The average molecular weight is 238 g/mol. The zero-order valence-electron chi connectivity index (χ0n) is 11.3. The minimum Gasteiger partial charge on any atom is -0.351 e. The van der Waals surface area contributed by atoms with Crippen LogP contribution in [0.4, 0.5) is 0 Å². The summed E-state index contributed by atoms with van der Waals surface area (Å²) < 4.78 is 1.74. The van der Waals surface area contributed by atoms with Gasteiger partial charge in [0.15, 0.2) is 0 Å². The van der Waals surface area contributed by atoms with Crippen molar-refractivity contribution in [2.45, 2.75) is 47.2 Å². The van der Waals surface area contributed by atoms with Crippen molar-refractivity contribution in [2.24, 2.45) is 11.3 Å². The van der Waals surface area contributed by atoms with Crippen LogP contribution in [0.15, 0.2) is 12.4 Å². The summed E-state index contributed by atoms with van der Waals surface area (Å²) in [6.45, 7) is 10.6. The predicted octanol–water partition coefficient (Wildman–Crippen LogP) is 1.46. The van der Waals surface area contributed by atoms with Gasteiger partial charge in [0, 0.05) is 11.6 Å². The van der Waals surface area contributed by atoms with E-state index in [0.29, 0.717) is 12.5 Å². The fraction of sp³-hybridized carbons (Fsp3) is 0.750. The fourth-order valence-corrected chi connectivity index (χ4v) is 1.34. The molecular formula is C12H22N4O. The number of rotatable bonds is 4. The van der Waals surface area contributed by atoms with E-state index in [9.17, 15) is 4.79 Å². The highest BCUT2D eigenvalue weighted by Gasteiger charge is 2.25. The molecule has 17 heavy (non-hydrogen) atoms. The van der Waals surface area contributed by atoms with Crippen molar-refractivity contribution in [1.29, 1.82) is 0 Å². The maximum absolute atomic E-state index is 12.0. The zero-order valence-corrected chi connectivity index (χ0v) is 11.3. The van der Waals surface area contributed by atoms with E-state index in [1.54, 1.807) is 17.1 Å². The predicted molar refractivity (Wildman–Crippen MR) is 66.2 cm³/mol. The second kappa shape index (κ2) is 5.29. The summed E-state index contributed by atoms with van der Waals surface area (Å²) in [4.78, 5) is 12.0. The number of amides is 1. The molecule has 1 aromatic rings. The molecule has 0 aliphatic rings. The van der Waals surface area contributed by atoms with Crippen LogP contribution in [0.25, 0.3) is 0 Å². The first-order chi connectivity index (χ1) is 7.80. The summed E-state index contributed by atoms with van der Waals surface area (Å²) in [6.07, 6.45) is 3.45. The number of hydrogen-bond acceptors (Lipinski definition) is 3. The summed E-state index contributed by atoms with van der Waals surface area (Å²) >= 11 is 0. The van der Waals surface area contributed by atoms with Crippen molar-refractivity contribution in [1.82, 2.24) is 20.3 Å². The number of nitrogens with zero attached hydrogens (tertiary/aromatic N) is 3. The lowest BCUT2D eigenvalue weighted by Crippen LogP contribution is -2.46. The fourth-order valence-electron chi connectivity index (χ4n) is 1.34. The molecule has 1 heterocycles. The maximum Gasteiger partial charge on any atom is 0.225 e. The van der Waals surface area contributed by atoms with Crippen molar-refractivity contribution in [3.8, 4) is 0 Å². The summed E-state index contributed by atoms with van der Waals surface area (Å²) in [5, 5.41) is 10.8. The summed E-state index contributed by atoms with van der Waals surface area (Å²) in [7, 11) is 0. The Morgan fingerprint density at radius 1 is 1.41 bits per heavy atom. The second-order valence-electron chi connectivity index (χ2n) is 5.70. The third-order valence-corrected chi connectivity index (χ3v) is 2.66. The lowest BCUT2D eigenvalue weighted by molar-refractivity contribution is -0.129. The Morgan fingerprint density at radius 2 is 2.06 bits per heavy atom. The molecule has 0 saturated heterocycles. The van der Waals surface area contributed by atoms with Gasteiger partial charge in [-0.1, -0.05) is 39.8 Å². The molecule has 1 amide bonds. The quantitative estimate of drug-likeness (QED) is 0.864. The number of nitrogens with one attached hydrogen (secondary N) is 1. The molecule has 1 unspecified atom stereocenters. The van der Waals surface area contributed by atoms with Gasteiger partial charge in [-0.25, -0.2) is 0 Å². The topological polar surface area (TPSA) is 59.8 Å². The Bertz CT molecular complexity index is 351. The molecule has 0 saturated carbocycles. The van der Waals surface area contributed by atoms with Crippen LogP contribution in [0.2, 0.25) is 0 Å². The first-order valence-corrected chi connectivity index (χ1v) is 5.96. The van der Waals surface area contributed by atoms with Crippen molar-refractivity contribution >= 4 is 5.91 Å². The minimum absolute atomic E-state index is 0.0660. The lowest BCUT2D eigenvalue weighted by Gasteiger charge is -2.26. The molecule has 1 atom stereocenters. The van der Waals surface area contributed by atoms with Crippen LogP contribution in [0.5, 0.6) is 0 Å². The third-order valence-electron chi connectivity index (χ3n) is 2.66. The number of carbonyl (C=O) groups is 1. The monoisotopic (exact) mass is 238 g/mol. The summed E-state index contributed by atoms with van der Waals surface area (Å²) in [5.74, 6) is 0.418. The average Bonchev–Trinajstić information content (AvgIpc) is 2.67. The van der Waals surface area contributed by atoms with E-state index in [1.165, 1.54) is 0 Å². The first kappa shape index (κ1) is 13.7. The molecule has 96 valence electrons. The van der Waals surface area contributed by atoms with Gasteiger partial charge in [-0.3, -0.25) is 9.48 Å². The lowest BCUT2D eigenvalue weighted by atomic mass is 9.94. The second-order valence-corrected chi connectivity index (χ2v) is 5.70. The molecular weight excluding hydrogens is 216 g/mol. The summed E-state index contributed by atoms with van der Waals surface area (Å²) in [6, 6.07) is 0.0726. The molecule has 5 heteroatoms. The van der Waals surface area contributed by atoms with Crippen molar-refractivity contribution in [2.75, 3.05) is 0 Å². The molecule has 1 N–H and O–H groups in total. The van der Waals surface area contributed by atoms with Crippen LogP contribution in [0.1, 0.15) is 34.6 Å². The van der Waals surface area contributed by atoms with Gasteiger partial charge < -0.3 is 5.32 Å². The highest BCUT2D eigenvalue weighted by atomic mass is 16.2. The standard InChI is InChI=1S/C12H22N4O/c1-9(2)10(8-16-7-6-13-15-16)14-11(17)12(3,4)5/h6-7,9-10H,8H2,1-5H3,(H,14,17). The van der Waals surface area contributed by atoms with Gasteiger partial charge in [0.05, 0.1) is 18.8 Å². The third kappa shape index (κ3) is 4.17. The Labute approximate surface area is 103 Å². The van der Waals surface area contributed by atoms with Gasteiger partial charge in [-0.15, -0.1) is 5.10 Å². The van der Waals surface area contributed by atoms with Crippen molar-refractivity contribution < 1.29 is 4.79 Å². The normalized spacial score (nSPS) is 13.8. The molecule has 0 fully saturated rings. The van der Waals surface area contributed by atoms with E-state index < -0.39 is 0 Å². The van der Waals surface area contributed by atoms with E-state index in [-0.39, 0.29) is 17.4 Å². The largest absolute Gasteiger partial charge is 0.351 e. The maximum atomic E-state index is 12.0. The van der Waals surface area contributed by atoms with Gasteiger partial charge >= 0.3 is 0 Å². The van der Waals surface area contributed by atoms with Crippen LogP contribution in [0, 0.1) is 11.3 Å². The van der Waals surface area contributed by atoms with E-state index in [0.717, 1.165) is 0 Å². The van der Waals surface area contributed by atoms with Gasteiger partial charge in [0.2, 0.25) is 5.91 Å². The van der Waals surface area contributed by atoms with Gasteiger partial charge in [0.1, 0.15) is 0 Å². The van der Waals surface area contributed by atoms with Crippen LogP contribution >= 0.6 is 0 Å². The Balaban J connectivity index is 2.64. The zero-order chi connectivity index (χ0) is 13.1. The van der Waals surface area contributed by atoms with Gasteiger partial charge in [0.25, 0.3) is 0 Å². The number of carbonyl (C=O) groups excluding carboxylic acids is 1. The molecule has 0 radical (unpaired) electrons. The number of hydrogen-bond donors (Lipinski definition) is 1. The van der Waals surface area contributed by atoms with E-state index in [2.05, 4.69) is 29.5 Å². The Hall–Kier alpha value is -1.39. The Morgan fingerprint density at radius 3 is 2.47 bits per heavy atom. The summed E-state index contributed by atoms with van der Waals surface area (Å²) in [5.41, 5.74) is -0.366. The van der Waals surface area contributed by atoms with Crippen LogP contribution in [-0.4, -0.2) is 26.9 Å². The highest BCUT2D eigenvalue weighted by molar-refractivity contribution is 5.81. The van der Waals surface area contributed by atoms with Crippen LogP contribution in [0.3, 0.4) is 0 Å². The van der Waals surface area contributed by atoms with Crippen LogP contribution in [-0.2, 0) is 11.3 Å². The highest BCUT2D eigenvalue weighted by Crippen LogP contribution is 2.14. The number of aromatic nitrogens is 3. The van der Waals surface area contributed by atoms with Crippen molar-refractivity contribution in [3.63, 3.8) is 0 Å². The van der Waals surface area contributed by atoms with Crippen molar-refractivity contribution in [3.05, 3.63) is 12.4 Å². The molecule has 0 spiro atoms. The van der Waals surface area contributed by atoms with E-state index in [4.69, 9.17) is 0 Å². The van der Waals surface area contributed by atoms with Gasteiger partial charge in [-0.2, -0.15) is 0 Å². The molecule has 1 rings (SSSR count). The molecule has 0 bridgehead atoms. The molecule has 0 aliphatic carbocycles. The SMILES string of the molecule is CC(C)C(Cn1ccnn1)NC(=O)C(C)(C)C. The van der Waals surface area contributed by atoms with Gasteiger partial charge in [-0.05, 0) is 5.92 Å². The smallest absolute Gasteiger partial charge is 0.225 e. The van der Waals surface area contributed by atoms with E-state index in [1.807, 2.05) is 20.8 Å².